The van der Waals surface area contributed by atoms with Gasteiger partial charge in [-0.2, -0.15) is 0 Å². The third-order valence-corrected chi connectivity index (χ3v) is 6.69. The average molecular weight is 391 g/mol. The van der Waals surface area contributed by atoms with Crippen LogP contribution in [0, 0.1) is 23.7 Å². The van der Waals surface area contributed by atoms with Gasteiger partial charge in [0, 0.05) is 12.3 Å². The van der Waals surface area contributed by atoms with Crippen molar-refractivity contribution < 1.29 is 24.2 Å². The molecule has 0 saturated carbocycles. The van der Waals surface area contributed by atoms with Crippen LogP contribution in [0.4, 0.5) is 0 Å². The van der Waals surface area contributed by atoms with E-state index in [1.807, 2.05) is 13.8 Å². The van der Waals surface area contributed by atoms with Crippen LogP contribution in [-0.4, -0.2) is 35.4 Å². The number of rotatable bonds is 6. The fourth-order valence-corrected chi connectivity index (χ4v) is 4.80. The van der Waals surface area contributed by atoms with E-state index in [2.05, 4.69) is 25.2 Å². The molecule has 1 aliphatic heterocycles. The molecule has 28 heavy (non-hydrogen) atoms. The van der Waals surface area contributed by atoms with Gasteiger partial charge in [-0.1, -0.05) is 39.0 Å². The zero-order valence-corrected chi connectivity index (χ0v) is 17.3. The second-order valence-electron chi connectivity index (χ2n) is 8.76. The Kier molecular flexibility index (Phi) is 6.97. The predicted molar refractivity (Wildman–Crippen MR) is 106 cm³/mol. The van der Waals surface area contributed by atoms with Gasteiger partial charge >= 0.3 is 11.9 Å². The van der Waals surface area contributed by atoms with Crippen molar-refractivity contribution in [3.8, 4) is 0 Å². The molecule has 3 aliphatic rings. The largest absolute Gasteiger partial charge is 0.462 e. The summed E-state index contributed by atoms with van der Waals surface area (Å²) >= 11 is 0. The Bertz CT molecular complexity index is 637. The van der Waals surface area contributed by atoms with Crippen LogP contribution in [0.15, 0.2) is 23.8 Å². The van der Waals surface area contributed by atoms with Crippen LogP contribution < -0.4 is 0 Å². The second-order valence-corrected chi connectivity index (χ2v) is 8.76. The molecule has 2 aliphatic carbocycles. The molecule has 3 rings (SSSR count). The van der Waals surface area contributed by atoms with Crippen LogP contribution in [-0.2, 0) is 19.1 Å². The zero-order chi connectivity index (χ0) is 20.3. The maximum absolute atomic E-state index is 12.4. The lowest BCUT2D eigenvalue weighted by atomic mass is 9.66. The van der Waals surface area contributed by atoms with Gasteiger partial charge in [-0.05, 0) is 49.5 Å². The molecule has 0 aromatic rings. The highest BCUT2D eigenvalue weighted by molar-refractivity contribution is 5.72. The molecule has 0 spiro atoms. The Hall–Kier alpha value is -1.62. The number of cyclic esters (lactones) is 1. The first-order valence-electron chi connectivity index (χ1n) is 10.8. The normalized spacial score (nSPS) is 36.1. The minimum atomic E-state index is -0.593. The van der Waals surface area contributed by atoms with Crippen molar-refractivity contribution in [2.45, 2.75) is 84.0 Å². The van der Waals surface area contributed by atoms with Gasteiger partial charge in [-0.3, -0.25) is 9.59 Å². The van der Waals surface area contributed by atoms with Crippen LogP contribution in [0.5, 0.6) is 0 Å². The number of ether oxygens (including phenoxy) is 2. The lowest BCUT2D eigenvalue weighted by Gasteiger charge is -2.42. The number of hydrogen-bond acceptors (Lipinski definition) is 5. The fourth-order valence-electron chi connectivity index (χ4n) is 4.80. The Morgan fingerprint density at radius 2 is 2.18 bits per heavy atom. The van der Waals surface area contributed by atoms with E-state index < -0.39 is 6.10 Å². The number of aliphatic hydroxyl groups excluding tert-OH is 1. The van der Waals surface area contributed by atoms with Crippen LogP contribution in [0.25, 0.3) is 0 Å². The Balaban J connectivity index is 1.70. The summed E-state index contributed by atoms with van der Waals surface area (Å²) in [5.41, 5.74) is 1.27. The van der Waals surface area contributed by atoms with Gasteiger partial charge in [-0.25, -0.2) is 0 Å². The highest BCUT2D eigenvalue weighted by Gasteiger charge is 2.40. The zero-order valence-electron chi connectivity index (χ0n) is 17.3. The fraction of sp³-hybridized carbons (Fsp3) is 0.739. The van der Waals surface area contributed by atoms with Gasteiger partial charge in [0.25, 0.3) is 0 Å². The van der Waals surface area contributed by atoms with E-state index in [0.717, 1.165) is 32.1 Å². The molecule has 0 aromatic heterocycles. The van der Waals surface area contributed by atoms with Gasteiger partial charge in [0.1, 0.15) is 12.2 Å². The molecule has 0 bridgehead atoms. The minimum absolute atomic E-state index is 0.0764. The maximum atomic E-state index is 12.4. The van der Waals surface area contributed by atoms with Crippen molar-refractivity contribution in [1.82, 2.24) is 0 Å². The predicted octanol–water partition coefficient (Wildman–Crippen LogP) is 3.95. The quantitative estimate of drug-likeness (QED) is 0.695. The van der Waals surface area contributed by atoms with E-state index >= 15 is 0 Å². The number of carbonyl (C=O) groups excluding carboxylic acids is 2. The SMILES string of the molecule is CC[C@H](C)C(=O)O[C@H]1CCC=C2C=C[C@H](C)[C@@H](CC[C@H]3C[C@@H](O)CC(=O)O3)[C@H]21. The summed E-state index contributed by atoms with van der Waals surface area (Å²) in [6.45, 7) is 6.14. The first-order valence-corrected chi connectivity index (χ1v) is 10.8. The van der Waals surface area contributed by atoms with E-state index in [4.69, 9.17) is 9.47 Å². The molecule has 5 nitrogen and oxygen atoms in total. The van der Waals surface area contributed by atoms with Gasteiger partial charge in [-0.15, -0.1) is 0 Å². The Morgan fingerprint density at radius 1 is 1.39 bits per heavy atom. The van der Waals surface area contributed by atoms with Crippen LogP contribution in [0.2, 0.25) is 0 Å². The van der Waals surface area contributed by atoms with Crippen molar-refractivity contribution in [2.24, 2.45) is 23.7 Å². The summed E-state index contributed by atoms with van der Waals surface area (Å²) in [5.74, 6) is 0.426. The summed E-state index contributed by atoms with van der Waals surface area (Å²) < 4.78 is 11.4. The Labute approximate surface area is 168 Å². The highest BCUT2D eigenvalue weighted by Crippen LogP contribution is 2.44. The molecular weight excluding hydrogens is 356 g/mol. The van der Waals surface area contributed by atoms with Crippen LogP contribution >= 0.6 is 0 Å². The first kappa shape index (κ1) is 21.1. The highest BCUT2D eigenvalue weighted by atomic mass is 16.5. The van der Waals surface area contributed by atoms with Crippen LogP contribution in [0.3, 0.4) is 0 Å². The lowest BCUT2D eigenvalue weighted by molar-refractivity contribution is -0.162. The number of aliphatic hydroxyl groups is 1. The number of carbonyl (C=O) groups is 2. The molecule has 5 heteroatoms. The van der Waals surface area contributed by atoms with Gasteiger partial charge in [0.15, 0.2) is 0 Å². The van der Waals surface area contributed by atoms with E-state index in [1.165, 1.54) is 5.57 Å². The summed E-state index contributed by atoms with van der Waals surface area (Å²) in [6.07, 6.45) is 10.6. The van der Waals surface area contributed by atoms with Gasteiger partial charge in [0.2, 0.25) is 0 Å². The molecule has 7 atom stereocenters. The molecule has 1 fully saturated rings. The lowest BCUT2D eigenvalue weighted by Crippen LogP contribution is -2.40. The molecule has 1 saturated heterocycles. The number of esters is 2. The summed E-state index contributed by atoms with van der Waals surface area (Å²) in [5, 5.41) is 9.86. The van der Waals surface area contributed by atoms with Crippen molar-refractivity contribution in [3.05, 3.63) is 23.8 Å². The van der Waals surface area contributed by atoms with E-state index in [0.29, 0.717) is 18.3 Å². The molecule has 0 radical (unpaired) electrons. The summed E-state index contributed by atoms with van der Waals surface area (Å²) in [4.78, 5) is 24.1. The topological polar surface area (TPSA) is 72.8 Å². The van der Waals surface area contributed by atoms with E-state index in [9.17, 15) is 14.7 Å². The Morgan fingerprint density at radius 3 is 2.89 bits per heavy atom. The average Bonchev–Trinajstić information content (AvgIpc) is 2.66. The monoisotopic (exact) mass is 390 g/mol. The molecule has 1 N–H and O–H groups in total. The van der Waals surface area contributed by atoms with Crippen molar-refractivity contribution in [3.63, 3.8) is 0 Å². The van der Waals surface area contributed by atoms with Gasteiger partial charge in [0.05, 0.1) is 18.4 Å². The summed E-state index contributed by atoms with van der Waals surface area (Å²) in [7, 11) is 0. The third-order valence-electron chi connectivity index (χ3n) is 6.69. The van der Waals surface area contributed by atoms with Gasteiger partial charge < -0.3 is 14.6 Å². The number of hydrogen-bond donors (Lipinski definition) is 1. The molecular formula is C23H34O5. The molecule has 0 unspecified atom stereocenters. The van der Waals surface area contributed by atoms with Crippen molar-refractivity contribution in [2.75, 3.05) is 0 Å². The maximum Gasteiger partial charge on any atom is 0.308 e. The smallest absolute Gasteiger partial charge is 0.308 e. The molecule has 0 aromatic carbocycles. The number of allylic oxidation sites excluding steroid dienone is 3. The minimum Gasteiger partial charge on any atom is -0.462 e. The van der Waals surface area contributed by atoms with Crippen molar-refractivity contribution in [1.29, 1.82) is 0 Å². The van der Waals surface area contributed by atoms with Crippen LogP contribution in [0.1, 0.15) is 65.7 Å². The first-order chi connectivity index (χ1) is 13.4. The molecule has 156 valence electrons. The molecule has 0 amide bonds. The standard InChI is InChI=1S/C23H34O5/c1-4-14(2)23(26)28-20-7-5-6-16-9-8-15(3)19(22(16)20)11-10-18-12-17(24)13-21(25)27-18/h6,8-9,14-15,17-20,22,24H,4-5,7,10-13H2,1-3H3/t14-,15-,17+,18-,19+,20-,22-/m0/s1. The number of fused-ring (bicyclic) bond motifs is 1. The second kappa shape index (κ2) is 9.25. The van der Waals surface area contributed by atoms with E-state index in [-0.39, 0.29) is 42.4 Å². The molecule has 1 heterocycles. The third kappa shape index (κ3) is 4.86. The van der Waals surface area contributed by atoms with E-state index in [1.54, 1.807) is 0 Å². The van der Waals surface area contributed by atoms with Crippen molar-refractivity contribution >= 4 is 11.9 Å². The summed E-state index contributed by atoms with van der Waals surface area (Å²) in [6, 6.07) is 0.